The number of rotatable bonds is 2. The van der Waals surface area contributed by atoms with Crippen LogP contribution >= 0.6 is 0 Å². The molecule has 0 saturated heterocycles. The second-order valence-electron chi connectivity index (χ2n) is 3.33. The van der Waals surface area contributed by atoms with Gasteiger partial charge in [-0.05, 0) is 25.0 Å². The van der Waals surface area contributed by atoms with Crippen LogP contribution in [0.3, 0.4) is 0 Å². The molecule has 96 valence electrons. The third-order valence-electron chi connectivity index (χ3n) is 2.15. The first-order valence-electron chi connectivity index (χ1n) is 5.03. The fraction of sp³-hybridized carbons (Fsp3) is 0.167. The minimum Gasteiger partial charge on any atom is -0.447 e. The highest BCUT2D eigenvalue weighted by molar-refractivity contribution is 5.69. The van der Waals surface area contributed by atoms with Gasteiger partial charge in [0.1, 0.15) is 5.76 Å². The van der Waals surface area contributed by atoms with E-state index < -0.39 is 12.3 Å². The van der Waals surface area contributed by atoms with Gasteiger partial charge in [-0.15, -0.1) is 0 Å². The number of carboxylic acid groups (broad SMARTS) is 1. The maximum atomic E-state index is 11.0. The Kier molecular flexibility index (Phi) is 4.74. The highest BCUT2D eigenvalue weighted by atomic mass is 17.3. The molecule has 0 saturated carbocycles. The smallest absolute Gasteiger partial charge is 0.447 e. The van der Waals surface area contributed by atoms with E-state index >= 15 is 0 Å². The topological polar surface area (TPSA) is 82.1 Å². The van der Waals surface area contributed by atoms with E-state index in [2.05, 4.69) is 9.78 Å². The Morgan fingerprint density at radius 2 is 1.67 bits per heavy atom. The summed E-state index contributed by atoms with van der Waals surface area (Å²) in [6, 6.07) is 9.25. The molecule has 0 aliphatic rings. The quantitative estimate of drug-likeness (QED) is 0.376. The molecule has 0 spiro atoms. The summed E-state index contributed by atoms with van der Waals surface area (Å²) in [6.07, 6.45) is -2.97. The van der Waals surface area contributed by atoms with Gasteiger partial charge in [0.05, 0.1) is 0 Å². The van der Waals surface area contributed by atoms with Crippen LogP contribution in [0.15, 0.2) is 36.1 Å². The Morgan fingerprint density at radius 3 is 2.22 bits per heavy atom. The molecular formula is C12H12O6. The predicted octanol–water partition coefficient (Wildman–Crippen LogP) is 3.20. The molecule has 1 aromatic rings. The molecule has 0 aliphatic heterocycles. The molecule has 0 heterocycles. The third kappa shape index (κ3) is 4.17. The van der Waals surface area contributed by atoms with Gasteiger partial charge in [0, 0.05) is 0 Å². The fourth-order valence-corrected chi connectivity index (χ4v) is 1.18. The molecule has 0 aromatic heterocycles. The maximum absolute atomic E-state index is 11.0. The first-order chi connectivity index (χ1) is 8.50. The van der Waals surface area contributed by atoms with E-state index in [-0.39, 0.29) is 0 Å². The van der Waals surface area contributed by atoms with E-state index in [0.717, 1.165) is 11.1 Å². The molecular weight excluding hydrogens is 240 g/mol. The first kappa shape index (κ1) is 13.6. The van der Waals surface area contributed by atoms with Gasteiger partial charge in [-0.1, -0.05) is 30.3 Å². The Bertz CT molecular complexity index is 463. The molecule has 0 unspecified atom stereocenters. The van der Waals surface area contributed by atoms with E-state index in [4.69, 9.17) is 9.84 Å². The van der Waals surface area contributed by atoms with Crippen LogP contribution < -0.4 is 0 Å². The standard InChI is InChI=1S/C12H12O6/c1-8(10-6-4-3-5-7-10)9(2)16-12(15)18-17-11(13)14/h3-7H,1-2H3,(H,13,14). The van der Waals surface area contributed by atoms with Gasteiger partial charge in [0.15, 0.2) is 0 Å². The zero-order valence-electron chi connectivity index (χ0n) is 9.88. The summed E-state index contributed by atoms with van der Waals surface area (Å²) in [7, 11) is 0. The van der Waals surface area contributed by atoms with Crippen molar-refractivity contribution < 1.29 is 29.2 Å². The third-order valence-corrected chi connectivity index (χ3v) is 2.15. The molecule has 0 amide bonds. The summed E-state index contributed by atoms with van der Waals surface area (Å²) < 4.78 is 4.75. The van der Waals surface area contributed by atoms with E-state index in [1.165, 1.54) is 0 Å². The largest absolute Gasteiger partial charge is 0.555 e. The molecule has 1 aromatic carbocycles. The maximum Gasteiger partial charge on any atom is 0.555 e. The normalized spacial score (nSPS) is 11.2. The van der Waals surface area contributed by atoms with Gasteiger partial charge in [0.2, 0.25) is 0 Å². The Hall–Kier alpha value is -2.50. The number of ether oxygens (including phenoxy) is 1. The Morgan fingerprint density at radius 1 is 1.06 bits per heavy atom. The van der Waals surface area contributed by atoms with Crippen LogP contribution in [0.25, 0.3) is 5.57 Å². The van der Waals surface area contributed by atoms with Gasteiger partial charge in [-0.2, -0.15) is 9.68 Å². The van der Waals surface area contributed by atoms with Crippen LogP contribution in [-0.2, 0) is 14.5 Å². The summed E-state index contributed by atoms with van der Waals surface area (Å²) in [4.78, 5) is 28.5. The monoisotopic (exact) mass is 252 g/mol. The molecule has 6 heteroatoms. The van der Waals surface area contributed by atoms with E-state index in [9.17, 15) is 9.59 Å². The van der Waals surface area contributed by atoms with Crippen molar-refractivity contribution in [1.29, 1.82) is 0 Å². The number of hydrogen-bond donors (Lipinski definition) is 1. The fourth-order valence-electron chi connectivity index (χ4n) is 1.18. The first-order valence-corrected chi connectivity index (χ1v) is 5.03. The average Bonchev–Trinajstić information content (AvgIpc) is 2.36. The lowest BCUT2D eigenvalue weighted by Gasteiger charge is -2.07. The highest BCUT2D eigenvalue weighted by Crippen LogP contribution is 2.18. The van der Waals surface area contributed by atoms with Crippen molar-refractivity contribution in [2.45, 2.75) is 13.8 Å². The number of benzene rings is 1. The number of allylic oxidation sites excluding steroid dienone is 2. The van der Waals surface area contributed by atoms with E-state index in [0.29, 0.717) is 5.76 Å². The van der Waals surface area contributed by atoms with Gasteiger partial charge in [0.25, 0.3) is 0 Å². The van der Waals surface area contributed by atoms with E-state index in [1.54, 1.807) is 13.8 Å². The van der Waals surface area contributed by atoms with Gasteiger partial charge in [-0.3, -0.25) is 0 Å². The molecule has 0 radical (unpaired) electrons. The molecule has 0 atom stereocenters. The number of carbonyl (C=O) groups is 2. The van der Waals surface area contributed by atoms with Crippen molar-refractivity contribution in [3.63, 3.8) is 0 Å². The average molecular weight is 252 g/mol. The molecule has 0 aliphatic carbocycles. The van der Waals surface area contributed by atoms with Crippen LogP contribution in [0.2, 0.25) is 0 Å². The molecule has 0 fully saturated rings. The van der Waals surface area contributed by atoms with Crippen molar-refractivity contribution in [3.8, 4) is 0 Å². The lowest BCUT2D eigenvalue weighted by Crippen LogP contribution is -2.10. The van der Waals surface area contributed by atoms with Crippen LogP contribution in [0, 0.1) is 0 Å². The second kappa shape index (κ2) is 6.29. The zero-order chi connectivity index (χ0) is 13.5. The summed E-state index contributed by atoms with van der Waals surface area (Å²) in [5, 5.41) is 8.12. The van der Waals surface area contributed by atoms with Crippen LogP contribution in [-0.4, -0.2) is 17.4 Å². The lowest BCUT2D eigenvalue weighted by molar-refractivity contribution is -0.209. The number of hydrogen-bond acceptors (Lipinski definition) is 5. The van der Waals surface area contributed by atoms with Crippen molar-refractivity contribution >= 4 is 17.9 Å². The minimum absolute atomic E-state index is 0.292. The molecule has 1 rings (SSSR count). The van der Waals surface area contributed by atoms with Crippen LogP contribution in [0.4, 0.5) is 9.59 Å². The van der Waals surface area contributed by atoms with Crippen LogP contribution in [0.5, 0.6) is 0 Å². The SMILES string of the molecule is CC(OC(=O)OOC(=O)O)=C(C)c1ccccc1. The van der Waals surface area contributed by atoms with Gasteiger partial charge < -0.3 is 9.84 Å². The second-order valence-corrected chi connectivity index (χ2v) is 3.33. The van der Waals surface area contributed by atoms with Crippen molar-refractivity contribution in [2.75, 3.05) is 0 Å². The molecule has 1 N–H and O–H groups in total. The van der Waals surface area contributed by atoms with Gasteiger partial charge in [-0.25, -0.2) is 9.68 Å². The summed E-state index contributed by atoms with van der Waals surface area (Å²) in [5.41, 5.74) is 1.60. The van der Waals surface area contributed by atoms with E-state index in [1.807, 2.05) is 30.3 Å². The Labute approximate surface area is 103 Å². The number of carbonyl (C=O) groups excluding carboxylic acids is 1. The van der Waals surface area contributed by atoms with Crippen LogP contribution in [0.1, 0.15) is 19.4 Å². The highest BCUT2D eigenvalue weighted by Gasteiger charge is 2.12. The van der Waals surface area contributed by atoms with Crippen molar-refractivity contribution in [1.82, 2.24) is 0 Å². The lowest BCUT2D eigenvalue weighted by atomic mass is 10.1. The Balaban J connectivity index is 2.66. The van der Waals surface area contributed by atoms with Gasteiger partial charge >= 0.3 is 12.3 Å². The summed E-state index contributed by atoms with van der Waals surface area (Å²) in [6.45, 7) is 3.32. The molecule has 18 heavy (non-hydrogen) atoms. The summed E-state index contributed by atoms with van der Waals surface area (Å²) >= 11 is 0. The summed E-state index contributed by atoms with van der Waals surface area (Å²) in [5.74, 6) is 0.292. The minimum atomic E-state index is -1.73. The molecule has 6 nitrogen and oxygen atoms in total. The van der Waals surface area contributed by atoms with Crippen molar-refractivity contribution in [2.24, 2.45) is 0 Å². The van der Waals surface area contributed by atoms with Crippen molar-refractivity contribution in [3.05, 3.63) is 41.7 Å². The molecule has 0 bridgehead atoms. The zero-order valence-corrected chi connectivity index (χ0v) is 9.88. The predicted molar refractivity (Wildman–Crippen MR) is 61.4 cm³/mol.